The quantitative estimate of drug-likeness (QED) is 0.787. The SMILES string of the molecule is CN1CC[C@]23N[C@@]4(CC(=O)C1[C@H]42)c1cc(Cl)ccc1O3. The minimum atomic E-state index is -0.343. The van der Waals surface area contributed by atoms with Gasteiger partial charge >= 0.3 is 0 Å². The summed E-state index contributed by atoms with van der Waals surface area (Å²) in [6.45, 7) is 0.888. The largest absolute Gasteiger partial charge is 0.472 e. The molecule has 1 aromatic carbocycles. The highest BCUT2D eigenvalue weighted by Crippen LogP contribution is 2.65. The Labute approximate surface area is 122 Å². The minimum Gasteiger partial charge on any atom is -0.472 e. The number of hydrogen-bond donors (Lipinski definition) is 1. The fourth-order valence-corrected chi connectivity index (χ4v) is 5.08. The van der Waals surface area contributed by atoms with Crippen LogP contribution in [0.25, 0.3) is 0 Å². The first-order valence-corrected chi connectivity index (χ1v) is 7.45. The van der Waals surface area contributed by atoms with Crippen molar-refractivity contribution >= 4 is 17.4 Å². The van der Waals surface area contributed by atoms with Crippen LogP contribution in [0.4, 0.5) is 0 Å². The van der Waals surface area contributed by atoms with Crippen molar-refractivity contribution in [3.63, 3.8) is 0 Å². The van der Waals surface area contributed by atoms with E-state index in [-0.39, 0.29) is 23.2 Å². The van der Waals surface area contributed by atoms with Gasteiger partial charge in [0.15, 0.2) is 11.5 Å². The summed E-state index contributed by atoms with van der Waals surface area (Å²) in [6, 6.07) is 5.74. The van der Waals surface area contributed by atoms with Crippen molar-refractivity contribution in [1.29, 1.82) is 0 Å². The predicted octanol–water partition coefficient (Wildman–Crippen LogP) is 1.52. The van der Waals surface area contributed by atoms with Gasteiger partial charge in [0.2, 0.25) is 0 Å². The maximum absolute atomic E-state index is 12.5. The highest BCUT2D eigenvalue weighted by molar-refractivity contribution is 6.30. The Hall–Kier alpha value is -1.10. The summed E-state index contributed by atoms with van der Waals surface area (Å²) in [7, 11) is 2.04. The van der Waals surface area contributed by atoms with Crippen LogP contribution in [0.15, 0.2) is 18.2 Å². The first kappa shape index (κ1) is 11.5. The van der Waals surface area contributed by atoms with E-state index < -0.39 is 0 Å². The molecule has 2 bridgehead atoms. The van der Waals surface area contributed by atoms with Crippen LogP contribution in [-0.2, 0) is 10.3 Å². The molecule has 3 fully saturated rings. The van der Waals surface area contributed by atoms with E-state index in [0.717, 1.165) is 24.3 Å². The van der Waals surface area contributed by atoms with Crippen molar-refractivity contribution in [2.24, 2.45) is 5.92 Å². The monoisotopic (exact) mass is 290 g/mol. The lowest BCUT2D eigenvalue weighted by molar-refractivity contribution is -0.222. The normalized spacial score (nSPS) is 44.4. The molecule has 1 saturated carbocycles. The molecular formula is C15H15ClN2O2. The molecule has 1 N–H and O–H groups in total. The third-order valence-electron chi connectivity index (χ3n) is 5.59. The number of hydrogen-bond acceptors (Lipinski definition) is 4. The fraction of sp³-hybridized carbons (Fsp3) is 0.533. The fourth-order valence-electron chi connectivity index (χ4n) is 4.90. The average molecular weight is 291 g/mol. The lowest BCUT2D eigenvalue weighted by Crippen LogP contribution is -2.84. The molecule has 1 aromatic rings. The van der Waals surface area contributed by atoms with Crippen LogP contribution >= 0.6 is 11.6 Å². The molecule has 4 heterocycles. The molecule has 4 atom stereocenters. The summed E-state index contributed by atoms with van der Waals surface area (Å²) in [5.41, 5.74) is 0.460. The number of likely N-dealkylation sites (N-methyl/N-ethyl adjacent to an activating group) is 1. The number of halogens is 1. The summed E-state index contributed by atoms with van der Waals surface area (Å²) in [5.74, 6) is 1.43. The molecule has 5 aliphatic rings. The predicted molar refractivity (Wildman–Crippen MR) is 73.8 cm³/mol. The van der Waals surface area contributed by atoms with Gasteiger partial charge < -0.3 is 4.74 Å². The summed E-state index contributed by atoms with van der Waals surface area (Å²) in [4.78, 5) is 14.7. The van der Waals surface area contributed by atoms with E-state index in [0.29, 0.717) is 17.2 Å². The molecule has 0 amide bonds. The zero-order chi connectivity index (χ0) is 13.7. The van der Waals surface area contributed by atoms with E-state index in [2.05, 4.69) is 10.2 Å². The van der Waals surface area contributed by atoms with Crippen LogP contribution < -0.4 is 10.1 Å². The molecule has 0 radical (unpaired) electrons. The summed E-state index contributed by atoms with van der Waals surface area (Å²) >= 11 is 6.15. The third kappa shape index (κ3) is 1.05. The molecule has 1 unspecified atom stereocenters. The van der Waals surface area contributed by atoms with Gasteiger partial charge in [0.1, 0.15) is 5.75 Å². The molecule has 2 spiro atoms. The van der Waals surface area contributed by atoms with Gasteiger partial charge in [-0.1, -0.05) is 11.6 Å². The van der Waals surface area contributed by atoms with Gasteiger partial charge in [0.25, 0.3) is 0 Å². The van der Waals surface area contributed by atoms with Gasteiger partial charge in [0, 0.05) is 30.0 Å². The van der Waals surface area contributed by atoms with Gasteiger partial charge in [0.05, 0.1) is 17.5 Å². The first-order chi connectivity index (χ1) is 9.56. The number of carbonyl (C=O) groups excluding carboxylic acids is 1. The maximum Gasteiger partial charge on any atom is 0.169 e. The van der Waals surface area contributed by atoms with Crippen LogP contribution in [-0.4, -0.2) is 36.0 Å². The number of benzene rings is 1. The van der Waals surface area contributed by atoms with E-state index in [4.69, 9.17) is 16.3 Å². The average Bonchev–Trinajstić information content (AvgIpc) is 2.67. The zero-order valence-corrected chi connectivity index (χ0v) is 11.9. The molecule has 5 heteroatoms. The maximum atomic E-state index is 12.5. The van der Waals surface area contributed by atoms with Crippen molar-refractivity contribution in [3.05, 3.63) is 28.8 Å². The molecule has 104 valence electrons. The lowest BCUT2D eigenvalue weighted by Gasteiger charge is -2.67. The summed E-state index contributed by atoms with van der Waals surface area (Å²) in [5, 5.41) is 4.30. The van der Waals surface area contributed by atoms with Crippen LogP contribution in [0, 0.1) is 5.92 Å². The molecule has 4 aliphatic heterocycles. The number of nitrogens with one attached hydrogen (secondary N) is 1. The second-order valence-electron chi connectivity index (χ2n) is 6.52. The highest BCUT2D eigenvalue weighted by atomic mass is 35.5. The van der Waals surface area contributed by atoms with Crippen LogP contribution in [0.3, 0.4) is 0 Å². The van der Waals surface area contributed by atoms with Crippen molar-refractivity contribution in [3.8, 4) is 5.75 Å². The van der Waals surface area contributed by atoms with Crippen molar-refractivity contribution in [1.82, 2.24) is 10.2 Å². The Morgan fingerprint density at radius 3 is 3.20 bits per heavy atom. The Bertz CT molecular complexity index is 663. The van der Waals surface area contributed by atoms with Gasteiger partial charge in [-0.25, -0.2) is 0 Å². The number of likely N-dealkylation sites (tertiary alicyclic amines) is 1. The van der Waals surface area contributed by atoms with Gasteiger partial charge in [-0.2, -0.15) is 0 Å². The van der Waals surface area contributed by atoms with Crippen LogP contribution in [0.5, 0.6) is 5.75 Å². The third-order valence-corrected chi connectivity index (χ3v) is 5.83. The molecule has 4 nitrogen and oxygen atoms in total. The number of piperidine rings is 1. The van der Waals surface area contributed by atoms with E-state index in [1.165, 1.54) is 0 Å². The second-order valence-corrected chi connectivity index (χ2v) is 6.96. The molecule has 1 aliphatic carbocycles. The minimum absolute atomic E-state index is 0.0165. The van der Waals surface area contributed by atoms with Gasteiger partial charge in [-0.15, -0.1) is 0 Å². The highest BCUT2D eigenvalue weighted by Gasteiger charge is 2.77. The molecule has 2 saturated heterocycles. The molecule has 6 rings (SSSR count). The van der Waals surface area contributed by atoms with E-state index >= 15 is 0 Å². The standard InChI is InChI=1S/C15H15ClN2O2/c1-18-5-4-15-13-12(18)10(19)7-14(13,17-15)9-6-8(16)2-3-11(9)20-15/h2-3,6,12-13,17H,4-5,7H2,1H3/t12?,13-,14+,15-/m1/s1. The first-order valence-electron chi connectivity index (χ1n) is 7.07. The Balaban J connectivity index is 1.75. The van der Waals surface area contributed by atoms with Crippen molar-refractivity contribution in [2.45, 2.75) is 30.1 Å². The topological polar surface area (TPSA) is 41.6 Å². The molecule has 20 heavy (non-hydrogen) atoms. The van der Waals surface area contributed by atoms with E-state index in [1.807, 2.05) is 25.2 Å². The number of ketones is 1. The number of nitrogens with zero attached hydrogens (tertiary/aromatic N) is 1. The number of rotatable bonds is 0. The second kappa shape index (κ2) is 3.21. The van der Waals surface area contributed by atoms with Crippen molar-refractivity contribution < 1.29 is 9.53 Å². The smallest absolute Gasteiger partial charge is 0.169 e. The Kier molecular flexibility index (Phi) is 1.85. The van der Waals surface area contributed by atoms with Gasteiger partial charge in [-0.05, 0) is 25.2 Å². The van der Waals surface area contributed by atoms with E-state index in [1.54, 1.807) is 0 Å². The molecule has 0 aromatic heterocycles. The number of ether oxygens (including phenoxy) is 1. The lowest BCUT2D eigenvalue weighted by atomic mass is 9.60. The molecular weight excluding hydrogens is 276 g/mol. The van der Waals surface area contributed by atoms with Gasteiger partial charge in [-0.3, -0.25) is 15.0 Å². The van der Waals surface area contributed by atoms with Crippen LogP contribution in [0.2, 0.25) is 5.02 Å². The summed E-state index contributed by atoms with van der Waals surface area (Å²) in [6.07, 6.45) is 1.47. The van der Waals surface area contributed by atoms with Crippen molar-refractivity contribution in [2.75, 3.05) is 13.6 Å². The zero-order valence-electron chi connectivity index (χ0n) is 11.1. The Morgan fingerprint density at radius 1 is 1.50 bits per heavy atom. The number of Topliss-reactive ketones (excluding diaryl/α,β-unsaturated/α-hetero) is 1. The van der Waals surface area contributed by atoms with Crippen LogP contribution in [0.1, 0.15) is 18.4 Å². The Morgan fingerprint density at radius 2 is 2.35 bits per heavy atom. The summed E-state index contributed by atoms with van der Waals surface area (Å²) < 4.78 is 6.27. The van der Waals surface area contributed by atoms with E-state index in [9.17, 15) is 4.79 Å². The number of carbonyl (C=O) groups is 1.